The van der Waals surface area contributed by atoms with Gasteiger partial charge in [-0.3, -0.25) is 0 Å². The zero-order valence-electron chi connectivity index (χ0n) is 9.71. The molecule has 1 nitrogen and oxygen atoms in total. The van der Waals surface area contributed by atoms with Crippen molar-refractivity contribution >= 4 is 0 Å². The van der Waals surface area contributed by atoms with Gasteiger partial charge in [-0.15, -0.1) is 0 Å². The van der Waals surface area contributed by atoms with Crippen LogP contribution < -0.4 is 0 Å². The van der Waals surface area contributed by atoms with Gasteiger partial charge in [0.1, 0.15) is 0 Å². The molecule has 1 rings (SSSR count). The van der Waals surface area contributed by atoms with Gasteiger partial charge in [-0.2, -0.15) is 0 Å². The van der Waals surface area contributed by atoms with Crippen molar-refractivity contribution in [3.63, 3.8) is 0 Å². The molecule has 0 aromatic heterocycles. The maximum atomic E-state index is 2.56. The molecule has 0 amide bonds. The van der Waals surface area contributed by atoms with E-state index < -0.39 is 0 Å². The first-order chi connectivity index (χ1) is 6.11. The van der Waals surface area contributed by atoms with Crippen LogP contribution in [0, 0.1) is 11.8 Å². The van der Waals surface area contributed by atoms with Crippen molar-refractivity contribution in [3.8, 4) is 0 Å². The molecule has 13 heavy (non-hydrogen) atoms. The molecule has 1 fully saturated rings. The van der Waals surface area contributed by atoms with E-state index in [0.29, 0.717) is 0 Å². The highest BCUT2D eigenvalue weighted by Gasteiger charge is 2.21. The monoisotopic (exact) mass is 183 g/mol. The zero-order chi connectivity index (χ0) is 9.84. The summed E-state index contributed by atoms with van der Waals surface area (Å²) in [6.07, 6.45) is 5.69. The molecule has 0 aromatic rings. The predicted octanol–water partition coefficient (Wildman–Crippen LogP) is 3.15. The Balaban J connectivity index is 2.10. The second-order valence-electron chi connectivity index (χ2n) is 5.08. The molecule has 1 aliphatic rings. The summed E-state index contributed by atoms with van der Waals surface area (Å²) in [5, 5.41) is 0. The van der Waals surface area contributed by atoms with Crippen LogP contribution in [0.3, 0.4) is 0 Å². The third kappa shape index (κ3) is 3.30. The highest BCUT2D eigenvalue weighted by Crippen LogP contribution is 2.24. The van der Waals surface area contributed by atoms with Crippen molar-refractivity contribution < 1.29 is 0 Å². The normalized spacial score (nSPS) is 20.8. The van der Waals surface area contributed by atoms with Gasteiger partial charge in [0.05, 0.1) is 0 Å². The quantitative estimate of drug-likeness (QED) is 0.633. The molecule has 0 bridgehead atoms. The van der Waals surface area contributed by atoms with Gasteiger partial charge in [0.15, 0.2) is 0 Å². The predicted molar refractivity (Wildman–Crippen MR) is 58.9 cm³/mol. The average molecular weight is 183 g/mol. The van der Waals surface area contributed by atoms with Crippen molar-refractivity contribution in [1.29, 1.82) is 0 Å². The first-order valence-corrected chi connectivity index (χ1v) is 5.81. The van der Waals surface area contributed by atoms with Crippen LogP contribution in [0.15, 0.2) is 0 Å². The van der Waals surface area contributed by atoms with Crippen LogP contribution in [-0.4, -0.2) is 24.5 Å². The van der Waals surface area contributed by atoms with E-state index in [1.165, 1.54) is 32.2 Å². The van der Waals surface area contributed by atoms with Crippen molar-refractivity contribution in [3.05, 3.63) is 0 Å². The fraction of sp³-hybridized carbons (Fsp3) is 1.00. The van der Waals surface area contributed by atoms with E-state index in [9.17, 15) is 0 Å². The van der Waals surface area contributed by atoms with Gasteiger partial charge in [0.2, 0.25) is 0 Å². The van der Waals surface area contributed by atoms with E-state index in [4.69, 9.17) is 0 Å². The van der Waals surface area contributed by atoms with E-state index in [0.717, 1.165) is 17.9 Å². The van der Waals surface area contributed by atoms with E-state index in [-0.39, 0.29) is 0 Å². The first-order valence-electron chi connectivity index (χ1n) is 5.81. The molecule has 1 atom stereocenters. The van der Waals surface area contributed by atoms with Gasteiger partial charge in [0.25, 0.3) is 0 Å². The van der Waals surface area contributed by atoms with Crippen molar-refractivity contribution in [2.24, 2.45) is 11.8 Å². The number of hydrogen-bond donors (Lipinski definition) is 0. The van der Waals surface area contributed by atoms with Crippen molar-refractivity contribution in [2.45, 2.75) is 52.5 Å². The summed E-state index contributed by atoms with van der Waals surface area (Å²) in [4.78, 5) is 2.56. The smallest absolute Gasteiger partial charge is 0.00922 e. The minimum absolute atomic E-state index is 0.842. The first kappa shape index (κ1) is 11.0. The van der Waals surface area contributed by atoms with Crippen LogP contribution in [0.2, 0.25) is 0 Å². The third-order valence-corrected chi connectivity index (χ3v) is 3.77. The Morgan fingerprint density at radius 1 is 1.23 bits per heavy atom. The largest absolute Gasteiger partial charge is 0.303 e. The number of hydrogen-bond acceptors (Lipinski definition) is 1. The van der Waals surface area contributed by atoms with Gasteiger partial charge >= 0.3 is 0 Å². The summed E-state index contributed by atoms with van der Waals surface area (Å²) in [6, 6.07) is 0.916. The van der Waals surface area contributed by atoms with Gasteiger partial charge in [-0.05, 0) is 44.7 Å². The lowest BCUT2D eigenvalue weighted by atomic mass is 9.90. The average Bonchev–Trinajstić information content (AvgIpc) is 1.96. The second kappa shape index (κ2) is 4.99. The fourth-order valence-electron chi connectivity index (χ4n) is 1.75. The van der Waals surface area contributed by atoms with Gasteiger partial charge in [-0.1, -0.05) is 27.2 Å². The molecular weight excluding hydrogens is 158 g/mol. The van der Waals surface area contributed by atoms with Gasteiger partial charge < -0.3 is 4.90 Å². The summed E-state index contributed by atoms with van der Waals surface area (Å²) in [6.45, 7) is 8.32. The summed E-state index contributed by atoms with van der Waals surface area (Å²) >= 11 is 0. The minimum Gasteiger partial charge on any atom is -0.303 e. The molecule has 0 spiro atoms. The maximum absolute atomic E-state index is 2.56. The summed E-state index contributed by atoms with van der Waals surface area (Å²) in [5.74, 6) is 1.72. The van der Waals surface area contributed by atoms with Crippen LogP contribution in [0.1, 0.15) is 46.5 Å². The Morgan fingerprint density at radius 3 is 2.23 bits per heavy atom. The Hall–Kier alpha value is -0.0400. The molecule has 0 N–H and O–H groups in total. The standard InChI is InChI=1S/C12H25N/c1-10(2)11(3)8-9-13(4)12-6-5-7-12/h10-12H,5-9H2,1-4H3. The van der Waals surface area contributed by atoms with Crippen LogP contribution in [-0.2, 0) is 0 Å². The lowest BCUT2D eigenvalue weighted by molar-refractivity contribution is 0.147. The van der Waals surface area contributed by atoms with Gasteiger partial charge in [0, 0.05) is 6.04 Å². The highest BCUT2D eigenvalue weighted by molar-refractivity contribution is 4.78. The SMILES string of the molecule is CC(C)C(C)CCN(C)C1CCC1. The van der Waals surface area contributed by atoms with Crippen molar-refractivity contribution in [2.75, 3.05) is 13.6 Å². The molecule has 1 unspecified atom stereocenters. The molecule has 1 saturated carbocycles. The molecular formula is C12H25N. The lowest BCUT2D eigenvalue weighted by Crippen LogP contribution is -2.38. The summed E-state index contributed by atoms with van der Waals surface area (Å²) in [7, 11) is 2.29. The molecule has 1 aliphatic carbocycles. The Kier molecular flexibility index (Phi) is 4.24. The Bertz CT molecular complexity index is 138. The molecule has 78 valence electrons. The third-order valence-electron chi connectivity index (χ3n) is 3.77. The minimum atomic E-state index is 0.842. The van der Waals surface area contributed by atoms with E-state index in [1.807, 2.05) is 0 Å². The molecule has 0 radical (unpaired) electrons. The molecule has 0 heterocycles. The molecule has 0 saturated heterocycles. The van der Waals surface area contributed by atoms with Crippen LogP contribution in [0.25, 0.3) is 0 Å². The summed E-state index contributed by atoms with van der Waals surface area (Å²) in [5.41, 5.74) is 0. The number of nitrogens with zero attached hydrogens (tertiary/aromatic N) is 1. The molecule has 1 heteroatoms. The Morgan fingerprint density at radius 2 is 1.85 bits per heavy atom. The topological polar surface area (TPSA) is 3.24 Å². The molecule has 0 aromatic carbocycles. The van der Waals surface area contributed by atoms with E-state index in [1.54, 1.807) is 0 Å². The highest BCUT2D eigenvalue weighted by atomic mass is 15.1. The fourth-order valence-corrected chi connectivity index (χ4v) is 1.75. The maximum Gasteiger partial charge on any atom is 0.00922 e. The van der Waals surface area contributed by atoms with Crippen molar-refractivity contribution in [1.82, 2.24) is 4.90 Å². The second-order valence-corrected chi connectivity index (χ2v) is 5.08. The van der Waals surface area contributed by atoms with Gasteiger partial charge in [-0.25, -0.2) is 0 Å². The summed E-state index contributed by atoms with van der Waals surface area (Å²) < 4.78 is 0. The van der Waals surface area contributed by atoms with E-state index >= 15 is 0 Å². The zero-order valence-corrected chi connectivity index (χ0v) is 9.71. The molecule has 0 aliphatic heterocycles. The van der Waals surface area contributed by atoms with E-state index in [2.05, 4.69) is 32.7 Å². The lowest BCUT2D eigenvalue weighted by Gasteiger charge is -2.35. The Labute approximate surface area is 83.5 Å². The van der Waals surface area contributed by atoms with Crippen LogP contribution >= 0.6 is 0 Å². The van der Waals surface area contributed by atoms with Crippen LogP contribution in [0.4, 0.5) is 0 Å². The number of rotatable bonds is 5. The van der Waals surface area contributed by atoms with Crippen LogP contribution in [0.5, 0.6) is 0 Å².